The molecule has 0 bridgehead atoms. The fourth-order valence-electron chi connectivity index (χ4n) is 2.45. The lowest BCUT2D eigenvalue weighted by Gasteiger charge is -2.15. The van der Waals surface area contributed by atoms with E-state index < -0.39 is 0 Å². The summed E-state index contributed by atoms with van der Waals surface area (Å²) in [4.78, 5) is 8.95. The second-order valence-electron chi connectivity index (χ2n) is 5.08. The molecular weight excluding hydrogens is 220 g/mol. The zero-order valence-corrected chi connectivity index (χ0v) is 12.0. The van der Waals surface area contributed by atoms with Gasteiger partial charge in [-0.25, -0.2) is 9.97 Å². The highest BCUT2D eigenvalue weighted by molar-refractivity contribution is 5.70. The van der Waals surface area contributed by atoms with Gasteiger partial charge in [0.05, 0.1) is 5.69 Å². The summed E-state index contributed by atoms with van der Waals surface area (Å²) in [6.45, 7) is 12.6. The Morgan fingerprint density at radius 2 is 1.28 bits per heavy atom. The van der Waals surface area contributed by atoms with Crippen LogP contribution in [0.1, 0.15) is 33.8 Å². The lowest BCUT2D eigenvalue weighted by Crippen LogP contribution is -2.00. The van der Waals surface area contributed by atoms with Gasteiger partial charge in [0.1, 0.15) is 5.82 Å². The lowest BCUT2D eigenvalue weighted by atomic mass is 9.92. The van der Waals surface area contributed by atoms with Crippen molar-refractivity contribution in [2.75, 3.05) is 0 Å². The fraction of sp³-hybridized carbons (Fsp3) is 0.375. The lowest BCUT2D eigenvalue weighted by molar-refractivity contribution is 1.01. The van der Waals surface area contributed by atoms with Crippen LogP contribution in [-0.2, 0) is 0 Å². The average molecular weight is 240 g/mol. The SMILES string of the molecule is Cc1cc(-c2c(C)c(C)cc(C)c2C)nc(C)n1. The standard InChI is InChI=1S/C16H20N2/c1-9-7-10(2)13(5)16(12(9)4)15-8-11(3)17-14(6)18-15/h7-8H,1-6H3. The van der Waals surface area contributed by atoms with Gasteiger partial charge in [-0.05, 0) is 69.9 Å². The zero-order valence-electron chi connectivity index (χ0n) is 12.0. The second-order valence-corrected chi connectivity index (χ2v) is 5.08. The average Bonchev–Trinajstić information content (AvgIpc) is 2.25. The molecule has 2 heteroatoms. The Labute approximate surface area is 109 Å². The van der Waals surface area contributed by atoms with Gasteiger partial charge >= 0.3 is 0 Å². The molecular formula is C16H20N2. The molecule has 0 aliphatic carbocycles. The first kappa shape index (κ1) is 12.7. The second kappa shape index (κ2) is 4.52. The van der Waals surface area contributed by atoms with Gasteiger partial charge in [0, 0.05) is 11.3 Å². The van der Waals surface area contributed by atoms with Crippen LogP contribution >= 0.6 is 0 Å². The van der Waals surface area contributed by atoms with Gasteiger partial charge in [0.2, 0.25) is 0 Å². The van der Waals surface area contributed by atoms with Gasteiger partial charge in [-0.1, -0.05) is 6.07 Å². The molecule has 0 aliphatic rings. The molecule has 0 atom stereocenters. The molecule has 18 heavy (non-hydrogen) atoms. The highest BCUT2D eigenvalue weighted by atomic mass is 14.9. The van der Waals surface area contributed by atoms with E-state index in [4.69, 9.17) is 0 Å². The molecule has 0 amide bonds. The first-order chi connectivity index (χ1) is 8.40. The summed E-state index contributed by atoms with van der Waals surface area (Å²) in [7, 11) is 0. The van der Waals surface area contributed by atoms with E-state index in [0.29, 0.717) is 0 Å². The number of aryl methyl sites for hydroxylation is 4. The molecule has 0 N–H and O–H groups in total. The van der Waals surface area contributed by atoms with E-state index in [1.54, 1.807) is 0 Å². The zero-order chi connectivity index (χ0) is 13.4. The first-order valence-corrected chi connectivity index (χ1v) is 6.30. The summed E-state index contributed by atoms with van der Waals surface area (Å²) < 4.78 is 0. The van der Waals surface area contributed by atoms with E-state index >= 15 is 0 Å². The third kappa shape index (κ3) is 2.15. The first-order valence-electron chi connectivity index (χ1n) is 6.30. The Hall–Kier alpha value is -1.70. The van der Waals surface area contributed by atoms with Gasteiger partial charge in [-0.15, -0.1) is 0 Å². The maximum Gasteiger partial charge on any atom is 0.126 e. The highest BCUT2D eigenvalue weighted by Crippen LogP contribution is 2.30. The molecule has 2 nitrogen and oxygen atoms in total. The quantitative estimate of drug-likeness (QED) is 0.753. The van der Waals surface area contributed by atoms with Crippen molar-refractivity contribution in [2.45, 2.75) is 41.5 Å². The summed E-state index contributed by atoms with van der Waals surface area (Å²) in [6.07, 6.45) is 0. The van der Waals surface area contributed by atoms with E-state index in [2.05, 4.69) is 49.8 Å². The summed E-state index contributed by atoms with van der Waals surface area (Å²) >= 11 is 0. The number of nitrogens with zero attached hydrogens (tertiary/aromatic N) is 2. The van der Waals surface area contributed by atoms with Crippen molar-refractivity contribution < 1.29 is 0 Å². The number of benzene rings is 1. The molecule has 0 saturated heterocycles. The van der Waals surface area contributed by atoms with Crippen molar-refractivity contribution in [1.29, 1.82) is 0 Å². The third-order valence-corrected chi connectivity index (χ3v) is 3.59. The van der Waals surface area contributed by atoms with E-state index in [1.165, 1.54) is 27.8 Å². The van der Waals surface area contributed by atoms with Crippen molar-refractivity contribution >= 4 is 0 Å². The molecule has 94 valence electrons. The maximum absolute atomic E-state index is 4.60. The maximum atomic E-state index is 4.60. The molecule has 0 saturated carbocycles. The molecule has 0 spiro atoms. The highest BCUT2D eigenvalue weighted by Gasteiger charge is 2.12. The minimum Gasteiger partial charge on any atom is -0.239 e. The van der Waals surface area contributed by atoms with Crippen molar-refractivity contribution in [2.24, 2.45) is 0 Å². The molecule has 1 heterocycles. The van der Waals surface area contributed by atoms with E-state index in [0.717, 1.165) is 17.2 Å². The number of rotatable bonds is 1. The molecule has 0 unspecified atom stereocenters. The Balaban J connectivity index is 2.78. The number of aromatic nitrogens is 2. The predicted molar refractivity (Wildman–Crippen MR) is 75.9 cm³/mol. The van der Waals surface area contributed by atoms with Crippen LogP contribution in [0.3, 0.4) is 0 Å². The van der Waals surface area contributed by atoms with Crippen molar-refractivity contribution in [3.8, 4) is 11.3 Å². The van der Waals surface area contributed by atoms with Crippen LogP contribution in [0.4, 0.5) is 0 Å². The van der Waals surface area contributed by atoms with Gasteiger partial charge in [0.25, 0.3) is 0 Å². The number of hydrogen-bond donors (Lipinski definition) is 0. The van der Waals surface area contributed by atoms with Gasteiger partial charge in [0.15, 0.2) is 0 Å². The summed E-state index contributed by atoms with van der Waals surface area (Å²) in [5.41, 5.74) is 8.61. The molecule has 1 aromatic carbocycles. The van der Waals surface area contributed by atoms with Crippen LogP contribution in [0.25, 0.3) is 11.3 Å². The van der Waals surface area contributed by atoms with Crippen molar-refractivity contribution in [3.63, 3.8) is 0 Å². The molecule has 2 aromatic rings. The van der Waals surface area contributed by atoms with Crippen LogP contribution in [0.2, 0.25) is 0 Å². The molecule has 0 fully saturated rings. The van der Waals surface area contributed by atoms with E-state index in [1.807, 2.05) is 13.8 Å². The van der Waals surface area contributed by atoms with Crippen LogP contribution in [-0.4, -0.2) is 9.97 Å². The largest absolute Gasteiger partial charge is 0.239 e. The van der Waals surface area contributed by atoms with Crippen molar-refractivity contribution in [3.05, 3.63) is 45.9 Å². The Morgan fingerprint density at radius 1 is 0.722 bits per heavy atom. The summed E-state index contributed by atoms with van der Waals surface area (Å²) in [5.74, 6) is 0.836. The van der Waals surface area contributed by atoms with Crippen LogP contribution in [0.15, 0.2) is 12.1 Å². The summed E-state index contributed by atoms with van der Waals surface area (Å²) in [5, 5.41) is 0. The molecule has 1 aromatic heterocycles. The molecule has 2 rings (SSSR count). The minimum atomic E-state index is 0.836. The smallest absolute Gasteiger partial charge is 0.126 e. The van der Waals surface area contributed by atoms with Gasteiger partial charge in [-0.2, -0.15) is 0 Å². The molecule has 0 aliphatic heterocycles. The minimum absolute atomic E-state index is 0.836. The van der Waals surface area contributed by atoms with Crippen molar-refractivity contribution in [1.82, 2.24) is 9.97 Å². The Kier molecular flexibility index (Phi) is 3.20. The normalized spacial score (nSPS) is 10.8. The van der Waals surface area contributed by atoms with Crippen LogP contribution < -0.4 is 0 Å². The van der Waals surface area contributed by atoms with E-state index in [-0.39, 0.29) is 0 Å². The number of hydrogen-bond acceptors (Lipinski definition) is 2. The monoisotopic (exact) mass is 240 g/mol. The van der Waals surface area contributed by atoms with Gasteiger partial charge in [-0.3, -0.25) is 0 Å². The molecule has 0 radical (unpaired) electrons. The predicted octanol–water partition coefficient (Wildman–Crippen LogP) is 3.99. The summed E-state index contributed by atoms with van der Waals surface area (Å²) in [6, 6.07) is 4.32. The Morgan fingerprint density at radius 3 is 1.78 bits per heavy atom. The van der Waals surface area contributed by atoms with Gasteiger partial charge < -0.3 is 0 Å². The third-order valence-electron chi connectivity index (χ3n) is 3.59. The Bertz CT molecular complexity index is 566. The van der Waals surface area contributed by atoms with Crippen LogP contribution in [0, 0.1) is 41.5 Å². The van der Waals surface area contributed by atoms with E-state index in [9.17, 15) is 0 Å². The topological polar surface area (TPSA) is 25.8 Å². The fourth-order valence-corrected chi connectivity index (χ4v) is 2.45. The van der Waals surface area contributed by atoms with Crippen LogP contribution in [0.5, 0.6) is 0 Å².